The van der Waals surface area contributed by atoms with E-state index in [9.17, 15) is 26.0 Å². The van der Waals surface area contributed by atoms with Crippen LogP contribution < -0.4 is 48.9 Å². The summed E-state index contributed by atoms with van der Waals surface area (Å²) in [4.78, 5) is 42.4. The number of nitrogens with zero attached hydrogens (tertiary/aromatic N) is 21. The molecule has 30 heteroatoms. The molecule has 30 nitrogen and oxygen atoms in total. The molecule has 5 saturated carbocycles. The second-order valence-electron chi connectivity index (χ2n) is 35.6. The number of fused-ring (bicyclic) bond motifs is 9. The van der Waals surface area contributed by atoms with E-state index in [1.165, 1.54) is 36.0 Å². The highest BCUT2D eigenvalue weighted by Crippen LogP contribution is 2.73. The van der Waals surface area contributed by atoms with E-state index in [-0.39, 0.29) is 23.0 Å². The van der Waals surface area contributed by atoms with Gasteiger partial charge in [0.25, 0.3) is 0 Å². The number of nitrogens with two attached hydrogens (primary N) is 1. The van der Waals surface area contributed by atoms with Gasteiger partial charge in [0.15, 0.2) is 0 Å². The molecule has 6 atom stereocenters. The lowest BCUT2D eigenvalue weighted by atomic mass is 9.36. The lowest BCUT2D eigenvalue weighted by Crippen LogP contribution is -2.68. The van der Waals surface area contributed by atoms with Crippen LogP contribution in [0.15, 0.2) is 165 Å². The van der Waals surface area contributed by atoms with E-state index in [2.05, 4.69) is 132 Å². The van der Waals surface area contributed by atoms with E-state index >= 15 is 0 Å². The van der Waals surface area contributed by atoms with Gasteiger partial charge in [0.2, 0.25) is 17.6 Å². The molecular formula is C92H96N22O8. The molecule has 122 heavy (non-hydrogen) atoms. The first-order chi connectivity index (χ1) is 59.4. The average molecular weight is 1640 g/mol. The van der Waals surface area contributed by atoms with Crippen molar-refractivity contribution in [2.45, 2.75) is 138 Å². The van der Waals surface area contributed by atoms with Crippen molar-refractivity contribution in [1.82, 2.24) is 73.4 Å². The number of rotatable bonds is 25. The van der Waals surface area contributed by atoms with Gasteiger partial charge in [-0.05, 0) is 154 Å². The fourth-order valence-corrected chi connectivity index (χ4v) is 20.4. The van der Waals surface area contributed by atoms with Gasteiger partial charge in [0, 0.05) is 196 Å². The minimum absolute atomic E-state index is 0.150. The molecule has 26 rings (SSSR count). The Kier molecular flexibility index (Phi) is 20.1. The van der Waals surface area contributed by atoms with Crippen molar-refractivity contribution in [3.8, 4) is 86.5 Å². The van der Waals surface area contributed by atoms with Crippen LogP contribution in [0.5, 0.6) is 34.9 Å². The van der Waals surface area contributed by atoms with Gasteiger partial charge in [-0.15, -0.1) is 0 Å². The quantitative estimate of drug-likeness (QED) is 0.0478. The summed E-state index contributed by atoms with van der Waals surface area (Å²) in [6, 6.07) is 40.2. The molecule has 21 heterocycles. The van der Waals surface area contributed by atoms with Crippen molar-refractivity contribution in [3.05, 3.63) is 199 Å². The third kappa shape index (κ3) is 15.1. The molecule has 8 bridgehead atoms. The summed E-state index contributed by atoms with van der Waals surface area (Å²) in [7, 11) is 4.91. The van der Waals surface area contributed by atoms with Crippen molar-refractivity contribution in [1.29, 1.82) is 15.8 Å². The number of anilines is 3. The minimum atomic E-state index is -0.582. The highest BCUT2D eigenvalue weighted by atomic mass is 16.5. The Hall–Kier alpha value is -12.6. The van der Waals surface area contributed by atoms with Crippen LogP contribution in [-0.2, 0) is 19.6 Å². The van der Waals surface area contributed by atoms with Gasteiger partial charge in [-0.2, -0.15) is 31.1 Å². The molecule has 0 radical (unpaired) electrons. The second-order valence-corrected chi connectivity index (χ2v) is 35.6. The summed E-state index contributed by atoms with van der Waals surface area (Å²) < 4.78 is 39.1. The monoisotopic (exact) mass is 1640 g/mol. The summed E-state index contributed by atoms with van der Waals surface area (Å²) >= 11 is 0. The van der Waals surface area contributed by atoms with Crippen LogP contribution in [0.1, 0.15) is 105 Å². The summed E-state index contributed by atoms with van der Waals surface area (Å²) in [5.41, 5.74) is 18.5. The van der Waals surface area contributed by atoms with Gasteiger partial charge >= 0.3 is 0 Å². The number of hydrogen-bond acceptors (Lipinski definition) is 27. The van der Waals surface area contributed by atoms with Gasteiger partial charge in [-0.1, -0.05) is 18.2 Å². The number of aliphatic hydroxyl groups is 2. The van der Waals surface area contributed by atoms with Gasteiger partial charge in [0.1, 0.15) is 59.5 Å². The maximum absolute atomic E-state index is 10.0. The number of nitriles is 3. The first-order valence-electron chi connectivity index (χ1n) is 42.0. The van der Waals surface area contributed by atoms with Crippen LogP contribution in [0.2, 0.25) is 0 Å². The van der Waals surface area contributed by atoms with Gasteiger partial charge in [0.05, 0.1) is 116 Å². The maximum atomic E-state index is 10.0. The molecule has 4 N–H and O–H groups in total. The normalized spacial score (nSPS) is 24.8. The SMILES string of the molecule is COc1ccc(CN2C3CC2CN(c2ccc(-c4cc(OCC5(N)CC5)cn5ncc(C#N)c45)cn2)C3)cn1.COc1ccc(CN2C3CC2CN(c2ccc(-c4cc(OCC56CC(CO)(C5)C6)cn5ncc(C#N)c45)cn2)C3)cn1.COc1ccc(CN2C3CC2CN(c2ccc(-c4cc(OCC5CC(C)(O)C5)cn5ncc(C#N)c45)cn2)C3)cn1. The summed E-state index contributed by atoms with van der Waals surface area (Å²) in [6.45, 7) is 12.1. The number of hydrogen-bond donors (Lipinski definition) is 3. The zero-order valence-electron chi connectivity index (χ0n) is 68.7. The molecule has 0 amide bonds. The Bertz CT molecular complexity index is 5960. The highest BCUT2D eigenvalue weighted by Gasteiger charge is 2.67. The maximum Gasteiger partial charge on any atom is 0.212 e. The average Bonchev–Trinajstić information content (AvgIpc) is 0.844. The van der Waals surface area contributed by atoms with Crippen LogP contribution in [0.25, 0.3) is 49.9 Å². The number of methoxy groups -OCH3 is 3. The second kappa shape index (κ2) is 31.4. The molecule has 5 aliphatic carbocycles. The van der Waals surface area contributed by atoms with Crippen molar-refractivity contribution >= 4 is 34.0 Å². The van der Waals surface area contributed by atoms with Crippen molar-refractivity contribution in [2.75, 3.05) is 102 Å². The fourth-order valence-electron chi connectivity index (χ4n) is 20.4. The first kappa shape index (κ1) is 78.0. The molecule has 14 aliphatic rings. The van der Waals surface area contributed by atoms with E-state index in [0.717, 1.165) is 177 Å². The number of piperazine rings is 3. The predicted molar refractivity (Wildman–Crippen MR) is 453 cm³/mol. The molecule has 14 fully saturated rings. The van der Waals surface area contributed by atoms with E-state index < -0.39 is 5.60 Å². The zero-order chi connectivity index (χ0) is 83.2. The number of piperidine rings is 3. The molecule has 12 aromatic rings. The summed E-state index contributed by atoms with van der Waals surface area (Å²) in [5.74, 6) is 7.23. The molecule has 0 aromatic carbocycles. The van der Waals surface area contributed by atoms with Crippen LogP contribution in [0.4, 0.5) is 17.5 Å². The fraction of sp³-hybridized carbons (Fsp3) is 0.413. The molecule has 6 unspecified atom stereocenters. The number of ether oxygens (including phenoxy) is 6. The zero-order valence-corrected chi connectivity index (χ0v) is 68.7. The Balaban J connectivity index is 0.000000116. The Morgan fingerprint density at radius 3 is 1.09 bits per heavy atom. The minimum Gasteiger partial charge on any atom is -0.492 e. The lowest BCUT2D eigenvalue weighted by molar-refractivity contribution is -0.235. The van der Waals surface area contributed by atoms with E-state index in [1.807, 2.05) is 92.9 Å². The number of pyridine rings is 9. The Morgan fingerprint density at radius 2 is 0.795 bits per heavy atom. The molecule has 9 saturated heterocycles. The molecular weight excluding hydrogens is 1540 g/mol. The highest BCUT2D eigenvalue weighted by molar-refractivity contribution is 5.87. The molecule has 0 spiro atoms. The standard InChI is InChI=1S/C32H33N7O3.C31H33N7O3.C29H30N8O2/c1-41-29-5-2-21(9-35-29)12-38-24-6-25(38)14-37(13-24)28-4-3-22(10-34-28)27-7-26(15-39-30(27)23(8-33)11-36-39)42-20-32-16-31(17-32,18-32)19-40;1-31(39)9-21(10-31)19-41-26-8-27(30-23(11-32)14-35-38(30)18-26)22-4-5-28(33-13-22)36-16-24-7-25(17-36)37(24)15-20-3-6-29(40-2)34-12-20;1-38-27-5-2-19(11-33-27)14-36-22-8-23(36)16-35(15-22)26-4-3-20(12-32-26)25-9-24(39-18-29(31)6-7-29)17-37-28(25)21(10-30)13-34-37/h2-5,7,9-11,15,24-25,40H,6,12-14,16-20H2,1H3;3-6,8,12-14,18,21,24-25,39H,7,9-10,15-17,19H2,1-2H3;2-5,9,11-13,17,22-23H,6-8,14-16,18,31H2,1H3. The van der Waals surface area contributed by atoms with Crippen LogP contribution in [0, 0.1) is 50.7 Å². The third-order valence-corrected chi connectivity index (χ3v) is 26.9. The van der Waals surface area contributed by atoms with Crippen LogP contribution in [0.3, 0.4) is 0 Å². The third-order valence-electron chi connectivity index (χ3n) is 26.9. The van der Waals surface area contributed by atoms with Gasteiger partial charge in [-0.3, -0.25) is 14.7 Å². The number of aliphatic hydroxyl groups excluding tert-OH is 1. The Morgan fingerprint density at radius 1 is 0.443 bits per heavy atom. The Labute approximate surface area is 705 Å². The van der Waals surface area contributed by atoms with E-state index in [0.29, 0.717) is 108 Å². The summed E-state index contributed by atoms with van der Waals surface area (Å²) in [5, 5.41) is 62.0. The van der Waals surface area contributed by atoms with Crippen LogP contribution in [-0.4, -0.2) is 218 Å². The van der Waals surface area contributed by atoms with Gasteiger partial charge < -0.3 is 59.1 Å². The van der Waals surface area contributed by atoms with Gasteiger partial charge in [-0.25, -0.2) is 43.5 Å². The van der Waals surface area contributed by atoms with Crippen molar-refractivity contribution < 1.29 is 38.6 Å². The first-order valence-corrected chi connectivity index (χ1v) is 42.0. The predicted octanol–water partition coefficient (Wildman–Crippen LogP) is 10.4. The topological polar surface area (TPSA) is 342 Å². The molecule has 622 valence electrons. The smallest absolute Gasteiger partial charge is 0.212 e. The van der Waals surface area contributed by atoms with Crippen molar-refractivity contribution in [2.24, 2.45) is 22.5 Å². The molecule has 9 aliphatic heterocycles. The largest absolute Gasteiger partial charge is 0.492 e. The lowest BCUT2D eigenvalue weighted by Gasteiger charge is -2.69. The molecule has 12 aromatic heterocycles. The van der Waals surface area contributed by atoms with E-state index in [4.69, 9.17) is 49.1 Å². The van der Waals surface area contributed by atoms with E-state index in [1.54, 1.807) is 59.7 Å². The van der Waals surface area contributed by atoms with Crippen LogP contribution >= 0.6 is 0 Å². The van der Waals surface area contributed by atoms with Crippen molar-refractivity contribution in [3.63, 3.8) is 0 Å². The summed E-state index contributed by atoms with van der Waals surface area (Å²) in [6.07, 6.45) is 31.8. The number of aromatic nitrogens is 12.